The van der Waals surface area contributed by atoms with Gasteiger partial charge in [0.15, 0.2) is 0 Å². The number of esters is 1. The minimum atomic E-state index is -0.703. The summed E-state index contributed by atoms with van der Waals surface area (Å²) in [5.74, 6) is -0.345. The van der Waals surface area contributed by atoms with Gasteiger partial charge in [0.25, 0.3) is 0 Å². The molecule has 5 heteroatoms. The van der Waals surface area contributed by atoms with Crippen LogP contribution >= 0.6 is 0 Å². The van der Waals surface area contributed by atoms with Gasteiger partial charge in [-0.05, 0) is 19.1 Å². The molecule has 5 nitrogen and oxygen atoms in total. The van der Waals surface area contributed by atoms with Crippen LogP contribution in [0.2, 0.25) is 0 Å². The molecule has 1 unspecified atom stereocenters. The molecule has 0 radical (unpaired) electrons. The number of anilines is 2. The summed E-state index contributed by atoms with van der Waals surface area (Å²) in [5.41, 5.74) is 2.26. The number of carbonyl (C=O) groups excluding carboxylic acids is 1. The molecule has 110 valence electrons. The first-order valence-electron chi connectivity index (χ1n) is 7.00. The molecule has 1 heterocycles. The number of fused-ring (bicyclic) bond motifs is 1. The highest BCUT2D eigenvalue weighted by atomic mass is 16.5. The van der Waals surface area contributed by atoms with Crippen LogP contribution in [0.5, 0.6) is 0 Å². The van der Waals surface area contributed by atoms with Gasteiger partial charge in [0.05, 0.1) is 30.5 Å². The number of hydrogen-bond acceptors (Lipinski definition) is 5. The van der Waals surface area contributed by atoms with Crippen LogP contribution in [0.4, 0.5) is 11.4 Å². The molecular formula is C15H22N2O3. The zero-order valence-corrected chi connectivity index (χ0v) is 12.1. The highest BCUT2D eigenvalue weighted by molar-refractivity contribution is 5.73. The van der Waals surface area contributed by atoms with Gasteiger partial charge in [0.1, 0.15) is 0 Å². The Bertz CT molecular complexity index is 464. The molecule has 2 rings (SSSR count). The van der Waals surface area contributed by atoms with E-state index in [1.54, 1.807) is 6.92 Å². The number of β-amino-alcohol motifs (C(OH)–C–C–N with tert-alkyl or cyclic N) is 1. The number of aliphatic hydroxyl groups excluding tert-OH is 1. The van der Waals surface area contributed by atoms with E-state index in [1.807, 2.05) is 18.2 Å². The van der Waals surface area contributed by atoms with E-state index >= 15 is 0 Å². The maximum absolute atomic E-state index is 11.4. The van der Waals surface area contributed by atoms with Crippen LogP contribution in [-0.2, 0) is 9.53 Å². The Kier molecular flexibility index (Phi) is 4.84. The van der Waals surface area contributed by atoms with Crippen LogP contribution in [0.3, 0.4) is 0 Å². The maximum atomic E-state index is 11.4. The second kappa shape index (κ2) is 6.61. The Morgan fingerprint density at radius 3 is 2.75 bits per heavy atom. The minimum Gasteiger partial charge on any atom is -0.466 e. The summed E-state index contributed by atoms with van der Waals surface area (Å²) < 4.78 is 4.86. The van der Waals surface area contributed by atoms with Gasteiger partial charge < -0.3 is 19.6 Å². The summed E-state index contributed by atoms with van der Waals surface area (Å²) in [6, 6.07) is 8.11. The molecule has 1 N–H and O–H groups in total. The van der Waals surface area contributed by atoms with E-state index in [0.29, 0.717) is 13.2 Å². The first-order valence-corrected chi connectivity index (χ1v) is 7.00. The number of para-hydroxylation sites is 2. The number of hydrogen-bond donors (Lipinski definition) is 1. The van der Waals surface area contributed by atoms with E-state index in [2.05, 4.69) is 22.9 Å². The summed E-state index contributed by atoms with van der Waals surface area (Å²) in [5, 5.41) is 10.0. The standard InChI is InChI=1S/C15H22N2O3/c1-3-20-15(19)10-12(18)11-17-9-8-16(2)13-6-4-5-7-14(13)17/h4-7,12,18H,3,8-11H2,1-2H3. The first kappa shape index (κ1) is 14.7. The predicted octanol–water partition coefficient (Wildman–Crippen LogP) is 1.26. The van der Waals surface area contributed by atoms with Gasteiger partial charge in [-0.25, -0.2) is 0 Å². The molecule has 1 aromatic carbocycles. The zero-order valence-electron chi connectivity index (χ0n) is 12.1. The van der Waals surface area contributed by atoms with E-state index in [1.165, 1.54) is 0 Å². The van der Waals surface area contributed by atoms with Crippen molar-refractivity contribution in [1.82, 2.24) is 0 Å². The zero-order chi connectivity index (χ0) is 14.5. The highest BCUT2D eigenvalue weighted by Crippen LogP contribution is 2.31. The normalized spacial score (nSPS) is 15.8. The van der Waals surface area contributed by atoms with Crippen LogP contribution in [-0.4, -0.2) is 50.5 Å². The molecule has 0 aromatic heterocycles. The van der Waals surface area contributed by atoms with E-state index < -0.39 is 6.10 Å². The number of rotatable bonds is 5. The van der Waals surface area contributed by atoms with Crippen LogP contribution in [0.25, 0.3) is 0 Å². The summed E-state index contributed by atoms with van der Waals surface area (Å²) >= 11 is 0. The molecule has 20 heavy (non-hydrogen) atoms. The van der Waals surface area contributed by atoms with Crippen LogP contribution in [0.1, 0.15) is 13.3 Å². The Morgan fingerprint density at radius 1 is 1.35 bits per heavy atom. The topological polar surface area (TPSA) is 53.0 Å². The van der Waals surface area contributed by atoms with Crippen molar-refractivity contribution < 1.29 is 14.6 Å². The largest absolute Gasteiger partial charge is 0.466 e. The van der Waals surface area contributed by atoms with Crippen molar-refractivity contribution in [2.45, 2.75) is 19.4 Å². The van der Waals surface area contributed by atoms with Gasteiger partial charge in [-0.1, -0.05) is 12.1 Å². The summed E-state index contributed by atoms with van der Waals surface area (Å²) in [6.45, 7) is 4.31. The van der Waals surface area contributed by atoms with Gasteiger partial charge in [-0.3, -0.25) is 4.79 Å². The Morgan fingerprint density at radius 2 is 2.05 bits per heavy atom. The SMILES string of the molecule is CCOC(=O)CC(O)CN1CCN(C)c2ccccc21. The molecule has 0 saturated heterocycles. The van der Waals surface area contributed by atoms with Crippen LogP contribution in [0, 0.1) is 0 Å². The van der Waals surface area contributed by atoms with Crippen molar-refractivity contribution in [3.8, 4) is 0 Å². The number of nitrogens with zero attached hydrogens (tertiary/aromatic N) is 2. The molecule has 0 spiro atoms. The van der Waals surface area contributed by atoms with Gasteiger partial charge in [-0.2, -0.15) is 0 Å². The van der Waals surface area contributed by atoms with Gasteiger partial charge in [0.2, 0.25) is 0 Å². The van der Waals surface area contributed by atoms with Gasteiger partial charge >= 0.3 is 5.97 Å². The fourth-order valence-corrected chi connectivity index (χ4v) is 2.49. The number of aliphatic hydroxyl groups is 1. The second-order valence-electron chi connectivity index (χ2n) is 5.02. The monoisotopic (exact) mass is 278 g/mol. The third-order valence-corrected chi connectivity index (χ3v) is 3.48. The Hall–Kier alpha value is -1.75. The average Bonchev–Trinajstić information content (AvgIpc) is 2.42. The van der Waals surface area contributed by atoms with E-state index in [4.69, 9.17) is 4.74 Å². The Balaban J connectivity index is 2.00. The number of likely N-dealkylation sites (N-methyl/N-ethyl adjacent to an activating group) is 1. The number of carbonyl (C=O) groups is 1. The molecule has 0 saturated carbocycles. The summed E-state index contributed by atoms with van der Waals surface area (Å²) in [7, 11) is 2.06. The quantitative estimate of drug-likeness (QED) is 0.822. The number of benzene rings is 1. The average molecular weight is 278 g/mol. The van der Waals surface area contributed by atoms with Crippen molar-refractivity contribution in [3.05, 3.63) is 24.3 Å². The van der Waals surface area contributed by atoms with E-state index in [0.717, 1.165) is 24.5 Å². The van der Waals surface area contributed by atoms with Gasteiger partial charge in [0, 0.05) is 26.7 Å². The fraction of sp³-hybridized carbons (Fsp3) is 0.533. The molecule has 0 aliphatic carbocycles. The van der Waals surface area contributed by atoms with Crippen molar-refractivity contribution in [1.29, 1.82) is 0 Å². The van der Waals surface area contributed by atoms with E-state index in [9.17, 15) is 9.90 Å². The third-order valence-electron chi connectivity index (χ3n) is 3.48. The maximum Gasteiger partial charge on any atom is 0.308 e. The molecule has 1 aromatic rings. The molecule has 0 bridgehead atoms. The molecule has 1 atom stereocenters. The lowest BCUT2D eigenvalue weighted by Gasteiger charge is -2.37. The predicted molar refractivity (Wildman–Crippen MR) is 79.2 cm³/mol. The first-order chi connectivity index (χ1) is 9.61. The van der Waals surface area contributed by atoms with Crippen molar-refractivity contribution in [2.75, 3.05) is 43.1 Å². The minimum absolute atomic E-state index is 0.0440. The molecule has 1 aliphatic heterocycles. The Labute approximate surface area is 119 Å². The molecule has 1 aliphatic rings. The number of ether oxygens (including phenoxy) is 1. The molecule has 0 fully saturated rings. The summed E-state index contributed by atoms with van der Waals surface area (Å²) in [4.78, 5) is 15.7. The fourth-order valence-electron chi connectivity index (χ4n) is 2.49. The van der Waals surface area contributed by atoms with Gasteiger partial charge in [-0.15, -0.1) is 0 Å². The van der Waals surface area contributed by atoms with Crippen molar-refractivity contribution in [2.24, 2.45) is 0 Å². The lowest BCUT2D eigenvalue weighted by molar-refractivity contribution is -0.145. The van der Waals surface area contributed by atoms with E-state index in [-0.39, 0.29) is 12.4 Å². The van der Waals surface area contributed by atoms with Crippen molar-refractivity contribution >= 4 is 17.3 Å². The summed E-state index contributed by atoms with van der Waals surface area (Å²) in [6.07, 6.45) is -0.659. The molecule has 0 amide bonds. The second-order valence-corrected chi connectivity index (χ2v) is 5.02. The third kappa shape index (κ3) is 3.42. The lowest BCUT2D eigenvalue weighted by Crippen LogP contribution is -2.43. The lowest BCUT2D eigenvalue weighted by atomic mass is 10.1. The molecular weight excluding hydrogens is 256 g/mol. The smallest absolute Gasteiger partial charge is 0.308 e. The van der Waals surface area contributed by atoms with Crippen LogP contribution < -0.4 is 9.80 Å². The van der Waals surface area contributed by atoms with Crippen molar-refractivity contribution in [3.63, 3.8) is 0 Å². The highest BCUT2D eigenvalue weighted by Gasteiger charge is 2.22. The van der Waals surface area contributed by atoms with Crippen LogP contribution in [0.15, 0.2) is 24.3 Å².